The second kappa shape index (κ2) is 5.92. The van der Waals surface area contributed by atoms with Gasteiger partial charge in [0.2, 0.25) is 0 Å². The molecule has 0 bridgehead atoms. The van der Waals surface area contributed by atoms with Crippen LogP contribution in [0.4, 0.5) is 0 Å². The number of hydrogen-bond acceptors (Lipinski definition) is 3. The molecule has 5 nitrogen and oxygen atoms in total. The topological polar surface area (TPSA) is 75.2 Å². The Labute approximate surface area is 145 Å². The number of nitrogens with one attached hydrogen (secondary N) is 1. The number of nitrogens with zero attached hydrogens (tertiary/aromatic N) is 1. The van der Waals surface area contributed by atoms with E-state index in [9.17, 15) is 9.90 Å². The molecule has 0 unspecified atom stereocenters. The van der Waals surface area contributed by atoms with E-state index in [0.717, 1.165) is 64.2 Å². The molecule has 3 heterocycles. The summed E-state index contributed by atoms with van der Waals surface area (Å²) < 4.78 is 5.77. The summed E-state index contributed by atoms with van der Waals surface area (Å²) in [7, 11) is 0. The van der Waals surface area contributed by atoms with Gasteiger partial charge in [-0.15, -0.1) is 0 Å². The van der Waals surface area contributed by atoms with E-state index in [1.807, 2.05) is 31.3 Å². The summed E-state index contributed by atoms with van der Waals surface area (Å²) in [6, 6.07) is 6.03. The van der Waals surface area contributed by atoms with E-state index in [-0.39, 0.29) is 6.42 Å². The third-order valence-electron chi connectivity index (χ3n) is 4.99. The fourth-order valence-corrected chi connectivity index (χ4v) is 3.79. The van der Waals surface area contributed by atoms with Gasteiger partial charge in [0, 0.05) is 17.3 Å². The van der Waals surface area contributed by atoms with E-state index in [2.05, 4.69) is 16.9 Å². The maximum absolute atomic E-state index is 11.4. The number of carbonyl (C=O) groups is 1. The highest BCUT2D eigenvalue weighted by atomic mass is 16.5. The minimum atomic E-state index is -0.847. The van der Waals surface area contributed by atoms with Gasteiger partial charge in [0.1, 0.15) is 11.4 Å². The molecule has 0 fully saturated rings. The zero-order chi connectivity index (χ0) is 17.6. The largest absolute Gasteiger partial charge is 0.493 e. The summed E-state index contributed by atoms with van der Waals surface area (Å²) in [5, 5.41) is 10.4. The number of pyridine rings is 1. The van der Waals surface area contributed by atoms with E-state index in [0.29, 0.717) is 0 Å². The molecule has 0 amide bonds. The number of carboxylic acid groups (broad SMARTS) is 1. The van der Waals surface area contributed by atoms with Gasteiger partial charge < -0.3 is 14.8 Å². The molecule has 25 heavy (non-hydrogen) atoms. The number of aryl methyl sites for hydroxylation is 1. The van der Waals surface area contributed by atoms with Crippen molar-refractivity contribution in [3.63, 3.8) is 0 Å². The van der Waals surface area contributed by atoms with Crippen LogP contribution in [0.1, 0.15) is 28.8 Å². The fraction of sp³-hybridized carbons (Fsp3) is 0.300. The highest BCUT2D eigenvalue weighted by Crippen LogP contribution is 2.39. The molecule has 0 aliphatic carbocycles. The van der Waals surface area contributed by atoms with Crippen LogP contribution < -0.4 is 4.74 Å². The number of carboxylic acids is 1. The zero-order valence-electron chi connectivity index (χ0n) is 14.3. The molecule has 0 spiro atoms. The Morgan fingerprint density at radius 1 is 1.32 bits per heavy atom. The SMILES string of the molecule is Cc1nc2[nH]ccc2c(-c2ccc3c(c2C)CCCO3)c1CC(=O)O. The normalized spacial score (nSPS) is 13.5. The van der Waals surface area contributed by atoms with Crippen LogP contribution in [0.25, 0.3) is 22.2 Å². The average molecular weight is 336 g/mol. The molecule has 5 heteroatoms. The minimum Gasteiger partial charge on any atom is -0.493 e. The molecule has 2 aromatic heterocycles. The molecule has 1 aliphatic heterocycles. The predicted octanol–water partition coefficient (Wildman–Crippen LogP) is 3.80. The lowest BCUT2D eigenvalue weighted by Crippen LogP contribution is -2.11. The number of aromatic amines is 1. The van der Waals surface area contributed by atoms with E-state index in [1.54, 1.807) is 0 Å². The Kier molecular flexibility index (Phi) is 3.71. The van der Waals surface area contributed by atoms with Crippen LogP contribution >= 0.6 is 0 Å². The van der Waals surface area contributed by atoms with Gasteiger partial charge in [0.05, 0.1) is 13.0 Å². The van der Waals surface area contributed by atoms with Crippen molar-refractivity contribution in [3.05, 3.63) is 46.8 Å². The Morgan fingerprint density at radius 3 is 2.96 bits per heavy atom. The molecule has 4 rings (SSSR count). The van der Waals surface area contributed by atoms with Crippen LogP contribution in [0.15, 0.2) is 24.4 Å². The third-order valence-corrected chi connectivity index (χ3v) is 4.99. The number of ether oxygens (including phenoxy) is 1. The van der Waals surface area contributed by atoms with Gasteiger partial charge in [-0.2, -0.15) is 0 Å². The first kappa shape index (κ1) is 15.7. The number of H-pyrrole nitrogens is 1. The lowest BCUT2D eigenvalue weighted by atomic mass is 9.88. The van der Waals surface area contributed by atoms with Crippen molar-refractivity contribution in [1.82, 2.24) is 9.97 Å². The van der Waals surface area contributed by atoms with Crippen LogP contribution in [-0.2, 0) is 17.6 Å². The van der Waals surface area contributed by atoms with Crippen molar-refractivity contribution in [2.75, 3.05) is 6.61 Å². The molecule has 2 N–H and O–H groups in total. The molecule has 0 saturated carbocycles. The molecule has 0 atom stereocenters. The first-order valence-electron chi connectivity index (χ1n) is 8.50. The van der Waals surface area contributed by atoms with Gasteiger partial charge in [-0.1, -0.05) is 6.07 Å². The smallest absolute Gasteiger partial charge is 0.307 e. The summed E-state index contributed by atoms with van der Waals surface area (Å²) in [5.74, 6) is 0.100. The van der Waals surface area contributed by atoms with Gasteiger partial charge in [0.25, 0.3) is 0 Å². The number of rotatable bonds is 3. The third kappa shape index (κ3) is 2.56. The Morgan fingerprint density at radius 2 is 2.16 bits per heavy atom. The second-order valence-corrected chi connectivity index (χ2v) is 6.53. The minimum absolute atomic E-state index is 0.0394. The first-order valence-corrected chi connectivity index (χ1v) is 8.50. The van der Waals surface area contributed by atoms with Crippen LogP contribution in [0.3, 0.4) is 0 Å². The number of hydrogen-bond donors (Lipinski definition) is 2. The lowest BCUT2D eigenvalue weighted by molar-refractivity contribution is -0.136. The number of aliphatic carboxylic acids is 1. The number of aromatic nitrogens is 2. The quantitative estimate of drug-likeness (QED) is 0.763. The predicted molar refractivity (Wildman–Crippen MR) is 96.2 cm³/mol. The zero-order valence-corrected chi connectivity index (χ0v) is 14.3. The van der Waals surface area contributed by atoms with Crippen molar-refractivity contribution in [1.29, 1.82) is 0 Å². The standard InChI is InChI=1S/C20H20N2O3/c1-11-13-4-3-9-25-17(13)6-5-14(11)19-15-7-8-21-20(15)22-12(2)16(19)10-18(23)24/h5-8H,3-4,9-10H2,1-2H3,(H,21,22)(H,23,24). The van der Waals surface area contributed by atoms with E-state index >= 15 is 0 Å². The van der Waals surface area contributed by atoms with E-state index in [4.69, 9.17) is 4.74 Å². The average Bonchev–Trinajstić information content (AvgIpc) is 3.04. The maximum atomic E-state index is 11.4. The second-order valence-electron chi connectivity index (χ2n) is 6.53. The Hall–Kier alpha value is -2.82. The lowest BCUT2D eigenvalue weighted by Gasteiger charge is -2.22. The highest BCUT2D eigenvalue weighted by Gasteiger charge is 2.22. The van der Waals surface area contributed by atoms with Crippen LogP contribution in [-0.4, -0.2) is 27.7 Å². The van der Waals surface area contributed by atoms with Gasteiger partial charge >= 0.3 is 5.97 Å². The monoisotopic (exact) mass is 336 g/mol. The molecule has 1 aromatic carbocycles. The van der Waals surface area contributed by atoms with Crippen molar-refractivity contribution < 1.29 is 14.6 Å². The van der Waals surface area contributed by atoms with Crippen LogP contribution in [0, 0.1) is 13.8 Å². The summed E-state index contributed by atoms with van der Waals surface area (Å²) in [5.41, 5.74) is 6.74. The highest BCUT2D eigenvalue weighted by molar-refractivity contribution is 5.97. The van der Waals surface area contributed by atoms with Crippen molar-refractivity contribution in [2.24, 2.45) is 0 Å². The molecular formula is C20H20N2O3. The summed E-state index contributed by atoms with van der Waals surface area (Å²) in [4.78, 5) is 19.1. The molecule has 0 radical (unpaired) electrons. The molecular weight excluding hydrogens is 316 g/mol. The molecule has 1 aliphatic rings. The van der Waals surface area contributed by atoms with Crippen molar-refractivity contribution in [3.8, 4) is 16.9 Å². The Balaban J connectivity index is 2.03. The summed E-state index contributed by atoms with van der Waals surface area (Å²) >= 11 is 0. The fourth-order valence-electron chi connectivity index (χ4n) is 3.79. The van der Waals surface area contributed by atoms with Gasteiger partial charge in [-0.3, -0.25) is 4.79 Å². The summed E-state index contributed by atoms with van der Waals surface area (Å²) in [6.45, 7) is 4.73. The number of fused-ring (bicyclic) bond motifs is 2. The Bertz CT molecular complexity index is 988. The van der Waals surface area contributed by atoms with Crippen molar-refractivity contribution >= 4 is 17.0 Å². The van der Waals surface area contributed by atoms with Gasteiger partial charge in [-0.25, -0.2) is 4.98 Å². The number of benzene rings is 1. The van der Waals surface area contributed by atoms with Crippen LogP contribution in [0.5, 0.6) is 5.75 Å². The van der Waals surface area contributed by atoms with Gasteiger partial charge in [-0.05, 0) is 66.6 Å². The summed E-state index contributed by atoms with van der Waals surface area (Å²) in [6.07, 6.45) is 3.81. The molecule has 128 valence electrons. The van der Waals surface area contributed by atoms with Crippen LogP contribution in [0.2, 0.25) is 0 Å². The first-order chi connectivity index (χ1) is 12.1. The molecule has 0 saturated heterocycles. The maximum Gasteiger partial charge on any atom is 0.307 e. The van der Waals surface area contributed by atoms with E-state index in [1.165, 1.54) is 5.56 Å². The van der Waals surface area contributed by atoms with E-state index < -0.39 is 5.97 Å². The van der Waals surface area contributed by atoms with Crippen molar-refractivity contribution in [2.45, 2.75) is 33.1 Å². The van der Waals surface area contributed by atoms with Gasteiger partial charge in [0.15, 0.2) is 0 Å². The molecule has 3 aromatic rings.